The predicted molar refractivity (Wildman–Crippen MR) is 103 cm³/mol. The minimum atomic E-state index is -0.360. The van der Waals surface area contributed by atoms with Crippen molar-refractivity contribution in [2.75, 3.05) is 34.9 Å². The molecule has 0 aliphatic carbocycles. The molecular formula is C21H27NO5. The van der Waals surface area contributed by atoms with Gasteiger partial charge in [0.2, 0.25) is 5.75 Å². The maximum Gasteiger partial charge on any atom is 0.203 e. The highest BCUT2D eigenvalue weighted by Crippen LogP contribution is 2.41. The monoisotopic (exact) mass is 381 g/mol. The summed E-state index contributed by atoms with van der Waals surface area (Å²) >= 11 is 0. The number of nitrogens with zero attached hydrogens (tertiary/aromatic N) is 1. The van der Waals surface area contributed by atoms with E-state index in [0.717, 1.165) is 24.1 Å². The summed E-state index contributed by atoms with van der Waals surface area (Å²) in [6.45, 7) is 0.768. The highest BCUT2D eigenvalue weighted by Gasteiger charge is 2.26. The van der Waals surface area contributed by atoms with Crippen LogP contribution in [0.15, 0.2) is 24.2 Å². The number of rotatable bonds is 6. The minimum Gasteiger partial charge on any atom is -0.504 e. The fraction of sp³-hybridized carbons (Fsp3) is 0.429. The zero-order valence-corrected chi connectivity index (χ0v) is 16.0. The molecule has 0 unspecified atom stereocenters. The number of benzene rings is 2. The van der Waals surface area contributed by atoms with Crippen LogP contribution in [0.25, 0.3) is 0 Å². The Labute approximate surface area is 164 Å². The first-order chi connectivity index (χ1) is 14.3. The molecule has 0 saturated heterocycles. The number of fused-ring (bicyclic) bond motifs is 1. The molecule has 0 saturated carbocycles. The zero-order chi connectivity index (χ0) is 22.2. The van der Waals surface area contributed by atoms with Crippen LogP contribution >= 0.6 is 0 Å². The average Bonchev–Trinajstić information content (AvgIpc) is 2.74. The third kappa shape index (κ3) is 3.76. The molecule has 1 aliphatic rings. The van der Waals surface area contributed by atoms with Crippen molar-refractivity contribution < 1.29 is 28.5 Å². The molecule has 27 heavy (non-hydrogen) atoms. The van der Waals surface area contributed by atoms with E-state index in [0.29, 0.717) is 18.4 Å². The quantitative estimate of drug-likeness (QED) is 0.800. The van der Waals surface area contributed by atoms with Gasteiger partial charge in [0.15, 0.2) is 23.0 Å². The second-order valence-electron chi connectivity index (χ2n) is 6.55. The minimum absolute atomic E-state index is 0.000453. The smallest absolute Gasteiger partial charge is 0.203 e. The van der Waals surface area contributed by atoms with E-state index in [-0.39, 0.29) is 52.9 Å². The van der Waals surface area contributed by atoms with E-state index < -0.39 is 0 Å². The Morgan fingerprint density at radius 1 is 1.11 bits per heavy atom. The highest BCUT2D eigenvalue weighted by atomic mass is 16.5. The zero-order valence-electron chi connectivity index (χ0n) is 19.0. The Morgan fingerprint density at radius 3 is 2.52 bits per heavy atom. The fourth-order valence-corrected chi connectivity index (χ4v) is 3.54. The van der Waals surface area contributed by atoms with Crippen LogP contribution in [0.5, 0.6) is 28.7 Å². The molecule has 146 valence electrons. The van der Waals surface area contributed by atoms with Crippen molar-refractivity contribution in [3.05, 3.63) is 40.9 Å². The first kappa shape index (κ1) is 15.5. The number of aromatic hydroxyl groups is 2. The number of ether oxygens (including phenoxy) is 3. The van der Waals surface area contributed by atoms with Gasteiger partial charge in [0.25, 0.3) is 0 Å². The van der Waals surface area contributed by atoms with E-state index >= 15 is 0 Å². The van der Waals surface area contributed by atoms with Crippen molar-refractivity contribution in [3.8, 4) is 28.7 Å². The van der Waals surface area contributed by atoms with Crippen LogP contribution in [0.3, 0.4) is 0 Å². The lowest BCUT2D eigenvalue weighted by molar-refractivity contribution is 0.218. The molecular weight excluding hydrogens is 348 g/mol. The van der Waals surface area contributed by atoms with Crippen LogP contribution in [0, 0.1) is 0 Å². The molecule has 6 nitrogen and oxygen atoms in total. The molecule has 0 aromatic heterocycles. The van der Waals surface area contributed by atoms with Gasteiger partial charge >= 0.3 is 0 Å². The van der Waals surface area contributed by atoms with E-state index in [1.807, 2.05) is 7.05 Å². The Bertz CT molecular complexity index is 967. The summed E-state index contributed by atoms with van der Waals surface area (Å²) in [4.78, 5) is 2.10. The van der Waals surface area contributed by atoms with Gasteiger partial charge in [-0.1, -0.05) is 0 Å². The lowest BCUT2D eigenvalue weighted by Gasteiger charge is -2.35. The van der Waals surface area contributed by atoms with Crippen LogP contribution in [-0.4, -0.2) is 50.0 Å². The summed E-state index contributed by atoms with van der Waals surface area (Å²) in [6.07, 6.45) is 1.54. The van der Waals surface area contributed by atoms with Crippen molar-refractivity contribution >= 4 is 0 Å². The molecule has 3 rings (SSSR count). The topological polar surface area (TPSA) is 71.4 Å². The molecule has 1 aliphatic heterocycles. The molecule has 6 heteroatoms. The molecule has 1 heterocycles. The van der Waals surface area contributed by atoms with Crippen molar-refractivity contribution in [2.24, 2.45) is 0 Å². The van der Waals surface area contributed by atoms with E-state index in [1.165, 1.54) is 21.3 Å². The molecule has 0 bridgehead atoms. The fourth-order valence-electron chi connectivity index (χ4n) is 3.54. The largest absolute Gasteiger partial charge is 0.504 e. The summed E-state index contributed by atoms with van der Waals surface area (Å²) in [5, 5.41) is 20.7. The van der Waals surface area contributed by atoms with Crippen LogP contribution in [0.4, 0.5) is 0 Å². The van der Waals surface area contributed by atoms with Gasteiger partial charge < -0.3 is 24.4 Å². The lowest BCUT2D eigenvalue weighted by Crippen LogP contribution is -2.32. The van der Waals surface area contributed by atoms with Gasteiger partial charge in [-0.05, 0) is 67.2 Å². The van der Waals surface area contributed by atoms with Crippen molar-refractivity contribution in [1.29, 1.82) is 0 Å². The third-order valence-corrected chi connectivity index (χ3v) is 4.99. The molecule has 0 fully saturated rings. The van der Waals surface area contributed by atoms with Gasteiger partial charge in [0.05, 0.1) is 25.4 Å². The van der Waals surface area contributed by atoms with Crippen LogP contribution in [-0.2, 0) is 12.8 Å². The van der Waals surface area contributed by atoms with Crippen molar-refractivity contribution in [2.45, 2.75) is 25.3 Å². The lowest BCUT2D eigenvalue weighted by atomic mass is 9.96. The van der Waals surface area contributed by atoms with Gasteiger partial charge in [-0.15, -0.1) is 0 Å². The number of hydrogen-bond donors (Lipinski definition) is 2. The highest BCUT2D eigenvalue weighted by molar-refractivity contribution is 5.53. The third-order valence-electron chi connectivity index (χ3n) is 4.99. The molecule has 0 radical (unpaired) electrons. The van der Waals surface area contributed by atoms with Gasteiger partial charge in [-0.3, -0.25) is 4.90 Å². The summed E-state index contributed by atoms with van der Waals surface area (Å²) in [7, 11) is 6.14. The Morgan fingerprint density at radius 2 is 1.85 bits per heavy atom. The second kappa shape index (κ2) is 7.96. The molecule has 2 N–H and O–H groups in total. The Hall–Kier alpha value is -2.60. The number of methoxy groups -OCH3 is 3. The summed E-state index contributed by atoms with van der Waals surface area (Å²) in [6, 6.07) is 1.46. The van der Waals surface area contributed by atoms with Crippen molar-refractivity contribution in [3.63, 3.8) is 0 Å². The van der Waals surface area contributed by atoms with E-state index in [2.05, 4.69) is 4.90 Å². The first-order valence-electron chi connectivity index (χ1n) is 10.3. The number of phenols is 2. The van der Waals surface area contributed by atoms with Crippen LogP contribution in [0.1, 0.15) is 33.3 Å². The number of likely N-dealkylation sites (N-methyl/N-ethyl adjacent to an activating group) is 1. The predicted octanol–water partition coefficient (Wildman–Crippen LogP) is 3.29. The maximum absolute atomic E-state index is 10.3. The van der Waals surface area contributed by atoms with Gasteiger partial charge in [-0.25, -0.2) is 0 Å². The summed E-state index contributed by atoms with van der Waals surface area (Å²) in [5.74, 6) is -0.207. The number of phenolic OH excluding ortho intramolecular Hbond substituents is 2. The molecule has 1 atom stereocenters. The van der Waals surface area contributed by atoms with E-state index in [4.69, 9.17) is 18.3 Å². The summed E-state index contributed by atoms with van der Waals surface area (Å²) in [5.41, 5.74) is 2.02. The average molecular weight is 381 g/mol. The van der Waals surface area contributed by atoms with Crippen molar-refractivity contribution in [1.82, 2.24) is 4.90 Å². The van der Waals surface area contributed by atoms with Crippen LogP contribution in [0.2, 0.25) is 0 Å². The van der Waals surface area contributed by atoms with E-state index in [9.17, 15) is 10.2 Å². The molecule has 2 aromatic rings. The standard InChI is InChI=1S/C21H27NO5/c1-22-8-7-14-11-19(25-2)17(23)12-15(14)16(22)6-5-13-9-18(24)21(27-4)20(10-13)26-3/h9-12,16,23-24H,5-8H2,1-4H3/t16-/m0/s1/i6+2,9T,10T,12T. The molecule has 0 amide bonds. The molecule has 0 spiro atoms. The van der Waals surface area contributed by atoms with Gasteiger partial charge in [-0.2, -0.15) is 0 Å². The number of hydrogen-bond acceptors (Lipinski definition) is 6. The van der Waals surface area contributed by atoms with E-state index in [1.54, 1.807) is 6.07 Å². The summed E-state index contributed by atoms with van der Waals surface area (Å²) < 4.78 is 40.7. The second-order valence-corrected chi connectivity index (χ2v) is 6.55. The normalized spacial score (nSPS) is 18.2. The molecule has 2 aromatic carbocycles. The Kier molecular flexibility index (Phi) is 4.56. The Balaban J connectivity index is 2.00. The van der Waals surface area contributed by atoms with Crippen LogP contribution < -0.4 is 14.2 Å². The first-order valence-corrected chi connectivity index (χ1v) is 8.79. The SMILES string of the molecule is [3H]c1c(O)c(OC)c(OC)c([3H])c1C[14CH2][C@H]1c2c(cc(OC)c(O)c2[3H])CCN1C. The van der Waals surface area contributed by atoms with Gasteiger partial charge in [0, 0.05) is 12.6 Å². The van der Waals surface area contributed by atoms with Gasteiger partial charge in [0.1, 0.15) is 0 Å². The maximum atomic E-state index is 10.3.